The maximum Gasteiger partial charge on any atom is 0.410 e. The monoisotopic (exact) mass is 605 g/mol. The van der Waals surface area contributed by atoms with Gasteiger partial charge in [-0.1, -0.05) is 12.1 Å². The molecule has 1 saturated heterocycles. The van der Waals surface area contributed by atoms with Gasteiger partial charge in [-0.3, -0.25) is 4.79 Å². The van der Waals surface area contributed by atoms with Crippen LogP contribution in [0.25, 0.3) is 10.2 Å². The zero-order chi connectivity index (χ0) is 30.6. The molecule has 1 N–H and O–H groups in total. The standard InChI is InChI=1S/C33H39N3O6S/c1-33(2,3)42-32(38)36-16-13-25(14-17-36)41-24-11-9-23(10-12-24)40-21-26-22(20-39-5)7-6-8-27(26)34-31(37)29-19-30-28(35(29)4)15-18-43-30/h6-12,15,18-19,25H,13-14,16-17,20-21H2,1-5H3,(H,34,37). The van der Waals surface area contributed by atoms with Crippen molar-refractivity contribution in [3.63, 3.8) is 0 Å². The number of hydrogen-bond acceptors (Lipinski definition) is 7. The summed E-state index contributed by atoms with van der Waals surface area (Å²) >= 11 is 1.61. The Morgan fingerprint density at radius 1 is 1.00 bits per heavy atom. The molecule has 2 aromatic heterocycles. The number of methoxy groups -OCH3 is 1. The van der Waals surface area contributed by atoms with Gasteiger partial charge >= 0.3 is 6.09 Å². The zero-order valence-electron chi connectivity index (χ0n) is 25.3. The van der Waals surface area contributed by atoms with Crippen molar-refractivity contribution in [2.45, 2.75) is 58.5 Å². The number of rotatable bonds is 9. The van der Waals surface area contributed by atoms with E-state index in [9.17, 15) is 9.59 Å². The molecule has 228 valence electrons. The van der Waals surface area contributed by atoms with E-state index in [1.165, 1.54) is 0 Å². The van der Waals surface area contributed by atoms with E-state index in [-0.39, 0.29) is 24.7 Å². The number of piperidine rings is 1. The highest BCUT2D eigenvalue weighted by Gasteiger charge is 2.27. The maximum atomic E-state index is 13.3. The largest absolute Gasteiger partial charge is 0.490 e. The summed E-state index contributed by atoms with van der Waals surface area (Å²) in [7, 11) is 3.54. The molecule has 0 bridgehead atoms. The summed E-state index contributed by atoms with van der Waals surface area (Å²) in [6, 6.07) is 17.2. The Morgan fingerprint density at radius 3 is 2.40 bits per heavy atom. The van der Waals surface area contributed by atoms with Gasteiger partial charge in [0.2, 0.25) is 0 Å². The third-order valence-corrected chi connectivity index (χ3v) is 8.17. The minimum Gasteiger partial charge on any atom is -0.490 e. The molecule has 43 heavy (non-hydrogen) atoms. The smallest absolute Gasteiger partial charge is 0.410 e. The van der Waals surface area contributed by atoms with Crippen LogP contribution in [0.5, 0.6) is 11.5 Å². The first-order valence-corrected chi connectivity index (χ1v) is 15.3. The number of benzene rings is 2. The Labute approximate surface area is 256 Å². The number of aryl methyl sites for hydroxylation is 1. The molecule has 2 amide bonds. The lowest BCUT2D eigenvalue weighted by Crippen LogP contribution is -2.44. The molecule has 4 aromatic rings. The van der Waals surface area contributed by atoms with Gasteiger partial charge in [0.15, 0.2) is 0 Å². The van der Waals surface area contributed by atoms with Crippen LogP contribution in [0, 0.1) is 0 Å². The highest BCUT2D eigenvalue weighted by molar-refractivity contribution is 7.17. The first-order chi connectivity index (χ1) is 20.6. The Kier molecular flexibility index (Phi) is 9.27. The summed E-state index contributed by atoms with van der Waals surface area (Å²) in [5.41, 5.74) is 3.59. The third kappa shape index (κ3) is 7.50. The number of aromatic nitrogens is 1. The van der Waals surface area contributed by atoms with Crippen molar-refractivity contribution in [3.8, 4) is 11.5 Å². The summed E-state index contributed by atoms with van der Waals surface area (Å²) < 4.78 is 26.2. The molecule has 0 saturated carbocycles. The van der Waals surface area contributed by atoms with Crippen LogP contribution in [0.15, 0.2) is 60.0 Å². The van der Waals surface area contributed by atoms with Gasteiger partial charge in [-0.2, -0.15) is 0 Å². The fourth-order valence-corrected chi connectivity index (χ4v) is 5.96. The van der Waals surface area contributed by atoms with Crippen LogP contribution < -0.4 is 14.8 Å². The minimum absolute atomic E-state index is 0.0255. The minimum atomic E-state index is -0.505. The number of carbonyl (C=O) groups is 2. The fraction of sp³-hybridized carbons (Fsp3) is 0.394. The number of carbonyl (C=O) groups excluding carboxylic acids is 2. The van der Waals surface area contributed by atoms with Gasteiger partial charge < -0.3 is 33.7 Å². The second-order valence-electron chi connectivity index (χ2n) is 11.6. The summed E-state index contributed by atoms with van der Waals surface area (Å²) in [6.45, 7) is 7.46. The predicted molar refractivity (Wildman–Crippen MR) is 168 cm³/mol. The Balaban J connectivity index is 1.19. The molecule has 1 aliphatic heterocycles. The second kappa shape index (κ2) is 13.1. The summed E-state index contributed by atoms with van der Waals surface area (Å²) in [5.74, 6) is 1.25. The second-order valence-corrected chi connectivity index (χ2v) is 12.6. The topological polar surface area (TPSA) is 91.3 Å². The van der Waals surface area contributed by atoms with Gasteiger partial charge in [-0.05, 0) is 74.2 Å². The molecule has 3 heterocycles. The predicted octanol–water partition coefficient (Wildman–Crippen LogP) is 7.00. The third-order valence-electron chi connectivity index (χ3n) is 7.32. The molecule has 0 aliphatic carbocycles. The molecule has 5 rings (SSSR count). The molecular formula is C33H39N3O6S. The van der Waals surface area contributed by atoms with Crippen LogP contribution in [0.3, 0.4) is 0 Å². The Hall–Kier alpha value is -4.02. The van der Waals surface area contributed by atoms with Gasteiger partial charge in [0, 0.05) is 51.3 Å². The molecule has 0 atom stereocenters. The Morgan fingerprint density at radius 2 is 1.72 bits per heavy atom. The number of fused-ring (bicyclic) bond motifs is 1. The van der Waals surface area contributed by atoms with Crippen LogP contribution in [0.2, 0.25) is 0 Å². The first kappa shape index (κ1) is 30.4. The summed E-state index contributed by atoms with van der Waals surface area (Å²) in [5, 5.41) is 5.11. The quantitative estimate of drug-likeness (QED) is 0.221. The number of amides is 2. The van der Waals surface area contributed by atoms with Crippen molar-refractivity contribution in [1.82, 2.24) is 9.47 Å². The number of nitrogens with one attached hydrogen (secondary N) is 1. The van der Waals surface area contributed by atoms with Gasteiger partial charge in [0.1, 0.15) is 35.5 Å². The van der Waals surface area contributed by atoms with E-state index < -0.39 is 5.60 Å². The number of nitrogens with zero attached hydrogens (tertiary/aromatic N) is 2. The van der Waals surface area contributed by atoms with Crippen molar-refractivity contribution in [2.75, 3.05) is 25.5 Å². The maximum absolute atomic E-state index is 13.3. The van der Waals surface area contributed by atoms with Crippen molar-refractivity contribution < 1.29 is 28.5 Å². The highest BCUT2D eigenvalue weighted by atomic mass is 32.1. The molecule has 2 aromatic carbocycles. The van der Waals surface area contributed by atoms with E-state index in [1.54, 1.807) is 23.3 Å². The molecule has 0 spiro atoms. The van der Waals surface area contributed by atoms with E-state index in [0.29, 0.717) is 36.8 Å². The number of anilines is 1. The lowest BCUT2D eigenvalue weighted by atomic mass is 10.1. The van der Waals surface area contributed by atoms with Crippen molar-refractivity contribution in [3.05, 3.63) is 76.8 Å². The number of likely N-dealkylation sites (tertiary alicyclic amines) is 1. The van der Waals surface area contributed by atoms with E-state index >= 15 is 0 Å². The molecule has 0 unspecified atom stereocenters. The molecule has 0 radical (unpaired) electrons. The zero-order valence-corrected chi connectivity index (χ0v) is 26.2. The van der Waals surface area contributed by atoms with E-state index in [4.69, 9.17) is 18.9 Å². The van der Waals surface area contributed by atoms with Crippen molar-refractivity contribution in [1.29, 1.82) is 0 Å². The lowest BCUT2D eigenvalue weighted by Gasteiger charge is -2.33. The Bertz CT molecular complexity index is 1560. The van der Waals surface area contributed by atoms with Crippen LogP contribution in [0.4, 0.5) is 10.5 Å². The fourth-order valence-electron chi connectivity index (χ4n) is 5.11. The average molecular weight is 606 g/mol. The van der Waals surface area contributed by atoms with Gasteiger partial charge in [-0.25, -0.2) is 4.79 Å². The van der Waals surface area contributed by atoms with Crippen LogP contribution in [0.1, 0.15) is 55.2 Å². The number of thiophene rings is 1. The SMILES string of the molecule is COCc1cccc(NC(=O)c2cc3sccc3n2C)c1COc1ccc(OC2CCN(C(=O)OC(C)(C)C)CC2)cc1. The molecule has 9 nitrogen and oxygen atoms in total. The van der Waals surface area contributed by atoms with Gasteiger partial charge in [-0.15, -0.1) is 11.3 Å². The van der Waals surface area contributed by atoms with Crippen LogP contribution in [-0.4, -0.2) is 53.4 Å². The summed E-state index contributed by atoms with van der Waals surface area (Å²) in [6.07, 6.45) is 1.23. The normalized spacial score (nSPS) is 14.1. The molecule has 1 fully saturated rings. The van der Waals surface area contributed by atoms with E-state index in [1.807, 2.05) is 92.4 Å². The number of hydrogen-bond donors (Lipinski definition) is 1. The van der Waals surface area contributed by atoms with E-state index in [0.717, 1.165) is 39.9 Å². The molecular weight excluding hydrogens is 566 g/mol. The molecule has 10 heteroatoms. The van der Waals surface area contributed by atoms with E-state index in [2.05, 4.69) is 5.32 Å². The van der Waals surface area contributed by atoms with Crippen LogP contribution >= 0.6 is 11.3 Å². The number of ether oxygens (including phenoxy) is 4. The van der Waals surface area contributed by atoms with Gasteiger partial charge in [0.25, 0.3) is 5.91 Å². The first-order valence-electron chi connectivity index (χ1n) is 14.4. The summed E-state index contributed by atoms with van der Waals surface area (Å²) in [4.78, 5) is 27.3. The van der Waals surface area contributed by atoms with Crippen LogP contribution in [-0.2, 0) is 29.7 Å². The van der Waals surface area contributed by atoms with Gasteiger partial charge in [0.05, 0.1) is 16.8 Å². The van der Waals surface area contributed by atoms with Crippen molar-refractivity contribution in [2.24, 2.45) is 7.05 Å². The average Bonchev–Trinajstić information content (AvgIpc) is 3.56. The molecule has 1 aliphatic rings. The van der Waals surface area contributed by atoms with Crippen molar-refractivity contribution >= 4 is 39.2 Å². The highest BCUT2D eigenvalue weighted by Crippen LogP contribution is 2.28. The lowest BCUT2D eigenvalue weighted by molar-refractivity contribution is 0.0126.